The van der Waals surface area contributed by atoms with Crippen LogP contribution < -0.4 is 13.9 Å². The number of anilines is 2. The quantitative estimate of drug-likeness (QED) is 0.570. The summed E-state index contributed by atoms with van der Waals surface area (Å²) < 4.78 is 33.8. The normalized spacial score (nSPS) is 17.4. The van der Waals surface area contributed by atoms with Crippen molar-refractivity contribution in [3.63, 3.8) is 0 Å². The summed E-state index contributed by atoms with van der Waals surface area (Å²) in [6.07, 6.45) is 2.49. The van der Waals surface area contributed by atoms with E-state index >= 15 is 0 Å². The van der Waals surface area contributed by atoms with Gasteiger partial charge < -0.3 is 9.64 Å². The van der Waals surface area contributed by atoms with Gasteiger partial charge in [-0.15, -0.1) is 0 Å². The molecule has 0 aromatic heterocycles. The molecule has 1 atom stereocenters. The highest BCUT2D eigenvalue weighted by Crippen LogP contribution is 2.33. The maximum atomic E-state index is 13.3. The number of amides is 1. The number of hydrogen-bond acceptors (Lipinski definition) is 4. The maximum absolute atomic E-state index is 13.3. The fourth-order valence-corrected chi connectivity index (χ4v) is 6.29. The van der Waals surface area contributed by atoms with Crippen LogP contribution in [0.3, 0.4) is 0 Å². The Bertz CT molecular complexity index is 1290. The fourth-order valence-electron chi connectivity index (χ4n) is 4.74. The number of nitrogens with zero attached hydrogens (tertiary/aromatic N) is 2. The molecule has 3 aromatic carbocycles. The van der Waals surface area contributed by atoms with Gasteiger partial charge in [0.05, 0.1) is 10.6 Å². The summed E-state index contributed by atoms with van der Waals surface area (Å²) >= 11 is 0. The highest BCUT2D eigenvalue weighted by Gasteiger charge is 2.31. The molecule has 0 aliphatic carbocycles. The molecular formula is C26H26N2O4S. The van der Waals surface area contributed by atoms with Gasteiger partial charge in [-0.3, -0.25) is 9.10 Å². The second-order valence-corrected chi connectivity index (χ2v) is 10.4. The molecule has 2 heterocycles. The summed E-state index contributed by atoms with van der Waals surface area (Å²) in [6.45, 7) is 2.38. The Labute approximate surface area is 194 Å². The number of carbonyl (C=O) groups excluding carboxylic acids is 1. The second-order valence-electron chi connectivity index (χ2n) is 8.52. The summed E-state index contributed by atoms with van der Waals surface area (Å²) in [7, 11) is -3.67. The van der Waals surface area contributed by atoms with E-state index in [2.05, 4.69) is 0 Å². The largest absolute Gasteiger partial charge is 0.484 e. The number of benzene rings is 3. The molecule has 3 aromatic rings. The van der Waals surface area contributed by atoms with E-state index in [0.29, 0.717) is 12.3 Å². The van der Waals surface area contributed by atoms with Crippen LogP contribution in [0.25, 0.3) is 0 Å². The fraction of sp³-hybridized carbons (Fsp3) is 0.269. The summed E-state index contributed by atoms with van der Waals surface area (Å²) in [5.74, 6) is 0.343. The van der Waals surface area contributed by atoms with Crippen LogP contribution in [0.1, 0.15) is 24.5 Å². The van der Waals surface area contributed by atoms with Crippen molar-refractivity contribution in [1.29, 1.82) is 0 Å². The van der Waals surface area contributed by atoms with Crippen molar-refractivity contribution >= 4 is 27.3 Å². The Morgan fingerprint density at radius 1 is 0.939 bits per heavy atom. The first kappa shape index (κ1) is 21.5. The van der Waals surface area contributed by atoms with E-state index in [9.17, 15) is 13.2 Å². The molecule has 0 saturated carbocycles. The van der Waals surface area contributed by atoms with Gasteiger partial charge in [0, 0.05) is 18.3 Å². The van der Waals surface area contributed by atoms with Gasteiger partial charge in [-0.05, 0) is 73.7 Å². The molecule has 0 radical (unpaired) electrons. The molecule has 6 nitrogen and oxygen atoms in total. The average Bonchev–Trinajstić information content (AvgIpc) is 3.18. The maximum Gasteiger partial charge on any atom is 0.265 e. The first-order valence-corrected chi connectivity index (χ1v) is 12.6. The van der Waals surface area contributed by atoms with Crippen LogP contribution in [0, 0.1) is 0 Å². The van der Waals surface area contributed by atoms with Gasteiger partial charge in [0.2, 0.25) is 0 Å². The SMILES string of the molecule is C[C@@H]1Cc2ccccc2N1C(=O)COc1ccc(S(=O)(=O)N2CCCc3ccccc32)cc1. The molecule has 170 valence electrons. The number of hydrogen-bond donors (Lipinski definition) is 0. The Hall–Kier alpha value is -3.32. The molecule has 33 heavy (non-hydrogen) atoms. The van der Waals surface area contributed by atoms with Crippen molar-refractivity contribution in [1.82, 2.24) is 0 Å². The topological polar surface area (TPSA) is 66.9 Å². The number of para-hydroxylation sites is 2. The number of fused-ring (bicyclic) bond motifs is 2. The van der Waals surface area contributed by atoms with Gasteiger partial charge in [-0.2, -0.15) is 0 Å². The molecule has 2 aliphatic rings. The van der Waals surface area contributed by atoms with E-state index in [-0.39, 0.29) is 23.5 Å². The van der Waals surface area contributed by atoms with Gasteiger partial charge in [-0.25, -0.2) is 8.42 Å². The second kappa shape index (κ2) is 8.56. The van der Waals surface area contributed by atoms with Crippen LogP contribution in [0.15, 0.2) is 77.7 Å². The lowest BCUT2D eigenvalue weighted by molar-refractivity contribution is -0.120. The molecule has 0 bridgehead atoms. The van der Waals surface area contributed by atoms with Crippen LogP contribution >= 0.6 is 0 Å². The van der Waals surface area contributed by atoms with Crippen molar-refractivity contribution in [3.8, 4) is 5.75 Å². The first-order valence-electron chi connectivity index (χ1n) is 11.2. The van der Waals surface area contributed by atoms with E-state index in [1.807, 2.05) is 55.5 Å². The van der Waals surface area contributed by atoms with E-state index in [4.69, 9.17) is 4.74 Å². The average molecular weight is 463 g/mol. The molecule has 5 rings (SSSR count). The Balaban J connectivity index is 1.28. The Morgan fingerprint density at radius 3 is 2.36 bits per heavy atom. The number of rotatable bonds is 5. The highest BCUT2D eigenvalue weighted by atomic mass is 32.2. The molecule has 0 fully saturated rings. The van der Waals surface area contributed by atoms with E-state index < -0.39 is 10.0 Å². The molecule has 0 spiro atoms. The molecule has 0 saturated heterocycles. The molecule has 1 amide bonds. The van der Waals surface area contributed by atoms with Gasteiger partial charge in [0.25, 0.3) is 15.9 Å². The lowest BCUT2D eigenvalue weighted by Gasteiger charge is -2.30. The van der Waals surface area contributed by atoms with Gasteiger partial charge >= 0.3 is 0 Å². The summed E-state index contributed by atoms with van der Waals surface area (Å²) in [4.78, 5) is 14.8. The van der Waals surface area contributed by atoms with Gasteiger partial charge in [0.15, 0.2) is 6.61 Å². The number of aryl methyl sites for hydroxylation is 1. The molecule has 7 heteroatoms. The van der Waals surface area contributed by atoms with Crippen molar-refractivity contribution in [2.45, 2.75) is 37.1 Å². The van der Waals surface area contributed by atoms with Gasteiger partial charge in [0.1, 0.15) is 5.75 Å². The summed E-state index contributed by atoms with van der Waals surface area (Å²) in [5, 5.41) is 0. The van der Waals surface area contributed by atoms with E-state index in [0.717, 1.165) is 41.8 Å². The monoisotopic (exact) mass is 462 g/mol. The van der Waals surface area contributed by atoms with Crippen molar-refractivity contribution in [2.75, 3.05) is 22.4 Å². The number of ether oxygens (including phenoxy) is 1. The predicted molar refractivity (Wildman–Crippen MR) is 128 cm³/mol. The standard InChI is InChI=1S/C26H26N2O4S/c1-19-17-21-8-3-5-11-25(21)28(19)26(29)18-32-22-12-14-23(15-13-22)33(30,31)27-16-6-9-20-7-2-4-10-24(20)27/h2-5,7-8,10-15,19H,6,9,16-18H2,1H3/t19-/m1/s1. The lowest BCUT2D eigenvalue weighted by Crippen LogP contribution is -2.39. The number of sulfonamides is 1. The first-order chi connectivity index (χ1) is 15.9. The van der Waals surface area contributed by atoms with Crippen LogP contribution in [0.4, 0.5) is 11.4 Å². The molecule has 2 aliphatic heterocycles. The zero-order chi connectivity index (χ0) is 23.0. The third kappa shape index (κ3) is 3.97. The van der Waals surface area contributed by atoms with E-state index in [1.54, 1.807) is 29.2 Å². The smallest absolute Gasteiger partial charge is 0.265 e. The Kier molecular flexibility index (Phi) is 5.58. The molecular weight excluding hydrogens is 436 g/mol. The van der Waals surface area contributed by atoms with Crippen LogP contribution in [-0.4, -0.2) is 33.5 Å². The predicted octanol–water partition coefficient (Wildman–Crippen LogP) is 4.18. The van der Waals surface area contributed by atoms with Crippen LogP contribution in [0.2, 0.25) is 0 Å². The lowest BCUT2D eigenvalue weighted by atomic mass is 10.0. The van der Waals surface area contributed by atoms with Crippen LogP contribution in [-0.2, 0) is 27.7 Å². The third-order valence-corrected chi connectivity index (χ3v) is 8.15. The minimum Gasteiger partial charge on any atom is -0.484 e. The summed E-state index contributed by atoms with van der Waals surface area (Å²) in [5.41, 5.74) is 3.88. The van der Waals surface area contributed by atoms with Crippen molar-refractivity contribution < 1.29 is 17.9 Å². The van der Waals surface area contributed by atoms with Gasteiger partial charge in [-0.1, -0.05) is 36.4 Å². The zero-order valence-corrected chi connectivity index (χ0v) is 19.3. The highest BCUT2D eigenvalue weighted by molar-refractivity contribution is 7.92. The zero-order valence-electron chi connectivity index (χ0n) is 18.5. The molecule has 0 N–H and O–H groups in total. The molecule has 0 unspecified atom stereocenters. The Morgan fingerprint density at radius 2 is 1.61 bits per heavy atom. The van der Waals surface area contributed by atoms with E-state index in [1.165, 1.54) is 4.31 Å². The third-order valence-electron chi connectivity index (χ3n) is 6.32. The van der Waals surface area contributed by atoms with Crippen molar-refractivity contribution in [3.05, 3.63) is 83.9 Å². The number of carbonyl (C=O) groups is 1. The summed E-state index contributed by atoms with van der Waals surface area (Å²) in [6, 6.07) is 21.9. The minimum absolute atomic E-state index is 0.0819. The van der Waals surface area contributed by atoms with Crippen LogP contribution in [0.5, 0.6) is 5.75 Å². The van der Waals surface area contributed by atoms with Crippen molar-refractivity contribution in [2.24, 2.45) is 0 Å². The minimum atomic E-state index is -3.67.